The number of hydrogen-bond donors (Lipinski definition) is 2. The van der Waals surface area contributed by atoms with Gasteiger partial charge in [-0.05, 0) is 42.3 Å². The van der Waals surface area contributed by atoms with Crippen molar-refractivity contribution in [2.24, 2.45) is 5.73 Å². The van der Waals surface area contributed by atoms with Gasteiger partial charge < -0.3 is 20.7 Å². The predicted octanol–water partition coefficient (Wildman–Crippen LogP) is 5.59. The maximum absolute atomic E-state index is 11.9. The maximum Gasteiger partial charge on any atom is 0.392 e. The molecule has 1 aromatic heterocycles. The van der Waals surface area contributed by atoms with E-state index in [4.69, 9.17) is 10.5 Å². The normalized spacial score (nSPS) is 13.8. The average Bonchev–Trinajstić information content (AvgIpc) is 2.69. The Labute approximate surface area is 191 Å². The molecule has 1 aliphatic heterocycles. The van der Waals surface area contributed by atoms with E-state index in [9.17, 15) is 18.0 Å². The summed E-state index contributed by atoms with van der Waals surface area (Å²) in [5, 5.41) is 2.68. The van der Waals surface area contributed by atoms with E-state index in [1.54, 1.807) is 49.4 Å². The van der Waals surface area contributed by atoms with Crippen LogP contribution in [0.1, 0.15) is 48.6 Å². The monoisotopic (exact) mass is 458 g/mol. The molecule has 0 saturated heterocycles. The molecule has 2 rings (SSSR count). The minimum Gasteiger partial charge on any atom is -0.479 e. The first kappa shape index (κ1) is 29.0. The van der Waals surface area contributed by atoms with Crippen LogP contribution in [0.3, 0.4) is 0 Å². The molecular weight excluding hydrogens is 421 g/mol. The van der Waals surface area contributed by atoms with Crippen LogP contribution < -0.4 is 11.1 Å². The standard InChI is InChI=1S/C12H14F3NO.C10H15N3O.CH4.2H2/c1-3-4-10-5-6-11(16(2)9-10)17-8-7-12(13,14)15;1-3-10(14)13-9-6-8(7(2)11)4-5-12-9;;;/h4-6H,1,7-9H2,2H3;4-7H,3,11H2,1-2H3,(H,12,13,14);1H4;2*1H. The number of halogens is 3. The highest BCUT2D eigenvalue weighted by Gasteiger charge is 2.27. The molecule has 0 fully saturated rings. The fourth-order valence-electron chi connectivity index (χ4n) is 2.39. The molecule has 0 aliphatic carbocycles. The summed E-state index contributed by atoms with van der Waals surface area (Å²) >= 11 is 0. The Kier molecular flexibility index (Phi) is 12.8. The highest BCUT2D eigenvalue weighted by molar-refractivity contribution is 5.89. The molecule has 1 aromatic rings. The molecule has 0 saturated carbocycles. The third-order valence-electron chi connectivity index (χ3n) is 4.06. The van der Waals surface area contributed by atoms with Crippen molar-refractivity contribution in [2.45, 2.75) is 46.3 Å². The summed E-state index contributed by atoms with van der Waals surface area (Å²) in [5.74, 6) is 0.960. The van der Waals surface area contributed by atoms with Gasteiger partial charge in [0.25, 0.3) is 0 Å². The summed E-state index contributed by atoms with van der Waals surface area (Å²) in [5.41, 5.74) is 10.3. The topological polar surface area (TPSA) is 80.5 Å². The fraction of sp³-hybridized carbons (Fsp3) is 0.435. The highest BCUT2D eigenvalue weighted by atomic mass is 19.4. The molecule has 1 atom stereocenters. The molecule has 9 heteroatoms. The number of hydrogen-bond acceptors (Lipinski definition) is 5. The van der Waals surface area contributed by atoms with Crippen LogP contribution in [-0.4, -0.2) is 42.2 Å². The second-order valence-electron chi connectivity index (χ2n) is 6.83. The van der Waals surface area contributed by atoms with E-state index < -0.39 is 12.6 Å². The summed E-state index contributed by atoms with van der Waals surface area (Å²) in [6.45, 7) is 7.35. The lowest BCUT2D eigenvalue weighted by molar-refractivity contribution is -0.143. The first-order valence-electron chi connectivity index (χ1n) is 9.74. The van der Waals surface area contributed by atoms with Gasteiger partial charge in [-0.15, -0.1) is 5.73 Å². The molecule has 182 valence electrons. The average molecular weight is 459 g/mol. The van der Waals surface area contributed by atoms with Crippen molar-refractivity contribution >= 4 is 11.7 Å². The Hall–Kier alpha value is -3.03. The summed E-state index contributed by atoms with van der Waals surface area (Å²) in [6, 6.07) is 3.58. The van der Waals surface area contributed by atoms with E-state index in [1.165, 1.54) is 0 Å². The molecule has 6 nitrogen and oxygen atoms in total. The van der Waals surface area contributed by atoms with Crippen LogP contribution in [-0.2, 0) is 9.53 Å². The number of aromatic nitrogens is 1. The number of rotatable bonds is 7. The van der Waals surface area contributed by atoms with Crippen LogP contribution in [0, 0.1) is 0 Å². The van der Waals surface area contributed by atoms with E-state index in [0.717, 1.165) is 11.1 Å². The fourth-order valence-corrected chi connectivity index (χ4v) is 2.39. The number of nitrogens with zero attached hydrogens (tertiary/aromatic N) is 2. The molecular formula is C23H37F3N4O2. The number of ether oxygens (including phenoxy) is 1. The molecule has 1 unspecified atom stereocenters. The molecule has 1 amide bonds. The molecule has 2 heterocycles. The van der Waals surface area contributed by atoms with Gasteiger partial charge in [-0.2, -0.15) is 13.2 Å². The van der Waals surface area contributed by atoms with Crippen molar-refractivity contribution in [3.8, 4) is 0 Å². The van der Waals surface area contributed by atoms with Crippen molar-refractivity contribution in [1.82, 2.24) is 9.88 Å². The Morgan fingerprint density at radius 1 is 1.50 bits per heavy atom. The minimum atomic E-state index is -4.18. The summed E-state index contributed by atoms with van der Waals surface area (Å²) in [4.78, 5) is 16.8. The lowest BCUT2D eigenvalue weighted by atomic mass is 10.1. The molecule has 0 spiro atoms. The number of nitrogens with two attached hydrogens (primary N) is 1. The zero-order valence-electron chi connectivity index (χ0n) is 18.0. The molecule has 32 heavy (non-hydrogen) atoms. The van der Waals surface area contributed by atoms with Gasteiger partial charge >= 0.3 is 6.18 Å². The van der Waals surface area contributed by atoms with Gasteiger partial charge in [0.05, 0.1) is 13.0 Å². The van der Waals surface area contributed by atoms with E-state index >= 15 is 0 Å². The van der Waals surface area contributed by atoms with Gasteiger partial charge in [-0.3, -0.25) is 4.79 Å². The third kappa shape index (κ3) is 11.4. The first-order chi connectivity index (χ1) is 14.6. The number of carbonyl (C=O) groups excluding carboxylic acids is 1. The van der Waals surface area contributed by atoms with Crippen molar-refractivity contribution in [3.63, 3.8) is 0 Å². The number of alkyl halides is 3. The zero-order chi connectivity index (χ0) is 23.4. The van der Waals surface area contributed by atoms with Crippen LogP contribution in [0.2, 0.25) is 0 Å². The number of allylic oxidation sites excluding steroid dienone is 2. The second kappa shape index (κ2) is 14.1. The first-order valence-corrected chi connectivity index (χ1v) is 9.74. The Bertz CT molecular complexity index is 853. The van der Waals surface area contributed by atoms with Crippen LogP contribution in [0.4, 0.5) is 19.0 Å². The van der Waals surface area contributed by atoms with Crippen molar-refractivity contribution < 1.29 is 25.6 Å². The number of likely N-dealkylation sites (N-methyl/N-ethyl adjacent to an activating group) is 1. The summed E-state index contributed by atoms with van der Waals surface area (Å²) in [6.07, 6.45) is 2.11. The highest BCUT2D eigenvalue weighted by Crippen LogP contribution is 2.21. The van der Waals surface area contributed by atoms with Crippen molar-refractivity contribution in [2.75, 3.05) is 25.5 Å². The number of nitrogens with one attached hydrogen (secondary N) is 1. The van der Waals surface area contributed by atoms with Gasteiger partial charge in [-0.1, -0.05) is 27.0 Å². The van der Waals surface area contributed by atoms with Gasteiger partial charge in [-0.25, -0.2) is 4.98 Å². The maximum atomic E-state index is 11.9. The van der Waals surface area contributed by atoms with Crippen LogP contribution in [0.25, 0.3) is 0 Å². The lowest BCUT2D eigenvalue weighted by Crippen LogP contribution is -2.25. The van der Waals surface area contributed by atoms with Crippen molar-refractivity contribution in [1.29, 1.82) is 0 Å². The van der Waals surface area contributed by atoms with Gasteiger partial charge in [0.2, 0.25) is 5.91 Å². The van der Waals surface area contributed by atoms with E-state index in [1.807, 2.05) is 13.0 Å². The van der Waals surface area contributed by atoms with E-state index in [-0.39, 0.29) is 28.8 Å². The molecule has 0 aromatic carbocycles. The summed E-state index contributed by atoms with van der Waals surface area (Å²) < 4.78 is 40.8. The molecule has 3 N–H and O–H groups in total. The lowest BCUT2D eigenvalue weighted by Gasteiger charge is -2.25. The Balaban J connectivity index is -0.000000527. The number of anilines is 1. The SMILES string of the molecule is C.C=C=CC1=CC=C(OCCC(F)(F)F)N(C)C1.CCC(=O)Nc1cc(C(C)N)ccn1.[HH].[HH]. The number of amides is 1. The predicted molar refractivity (Wildman–Crippen MR) is 126 cm³/mol. The van der Waals surface area contributed by atoms with E-state index in [0.29, 0.717) is 24.7 Å². The molecule has 1 aliphatic rings. The smallest absolute Gasteiger partial charge is 0.392 e. The Morgan fingerprint density at radius 2 is 2.19 bits per heavy atom. The van der Waals surface area contributed by atoms with Crippen LogP contribution >= 0.6 is 0 Å². The Morgan fingerprint density at radius 3 is 2.72 bits per heavy atom. The van der Waals surface area contributed by atoms with Gasteiger partial charge in [0.15, 0.2) is 5.88 Å². The third-order valence-corrected chi connectivity index (χ3v) is 4.06. The second-order valence-corrected chi connectivity index (χ2v) is 6.83. The van der Waals surface area contributed by atoms with Gasteiger partial charge in [0, 0.05) is 35.1 Å². The van der Waals surface area contributed by atoms with Crippen LogP contribution in [0.15, 0.2) is 60.3 Å². The minimum absolute atomic E-state index is 0. The van der Waals surface area contributed by atoms with Crippen LogP contribution in [0.5, 0.6) is 0 Å². The van der Waals surface area contributed by atoms with E-state index in [2.05, 4.69) is 22.6 Å². The summed E-state index contributed by atoms with van der Waals surface area (Å²) in [7, 11) is 1.75. The van der Waals surface area contributed by atoms with Crippen molar-refractivity contribution in [3.05, 3.63) is 65.9 Å². The molecule has 0 bridgehead atoms. The quantitative estimate of drug-likeness (QED) is 0.521. The molecule has 0 radical (unpaired) electrons. The largest absolute Gasteiger partial charge is 0.479 e. The number of carbonyl (C=O) groups is 1. The zero-order valence-corrected chi connectivity index (χ0v) is 18.0. The van der Waals surface area contributed by atoms with Gasteiger partial charge in [0.1, 0.15) is 5.82 Å². The number of pyridine rings is 1.